The molecule has 36 heavy (non-hydrogen) atoms. The van der Waals surface area contributed by atoms with Crippen molar-refractivity contribution in [2.75, 3.05) is 0 Å². The Balaban J connectivity index is 1.60. The summed E-state index contributed by atoms with van der Waals surface area (Å²) in [5, 5.41) is 10.0. The molecule has 4 rings (SSSR count). The maximum absolute atomic E-state index is 13.9. The lowest BCUT2D eigenvalue weighted by atomic mass is 9.91. The van der Waals surface area contributed by atoms with E-state index in [4.69, 9.17) is 34.8 Å². The molecule has 3 aromatic carbocycles. The number of fused-ring (bicyclic) bond motifs is 1. The summed E-state index contributed by atoms with van der Waals surface area (Å²) in [6.07, 6.45) is -3.41. The summed E-state index contributed by atoms with van der Waals surface area (Å²) in [4.78, 5) is 26.6. The van der Waals surface area contributed by atoms with Crippen molar-refractivity contribution in [1.29, 1.82) is 0 Å². The molecule has 1 heterocycles. The van der Waals surface area contributed by atoms with E-state index in [0.29, 0.717) is 28.3 Å². The third-order valence-electron chi connectivity index (χ3n) is 6.00. The van der Waals surface area contributed by atoms with E-state index in [1.54, 1.807) is 43.3 Å². The SMILES string of the molecule is C[C@@H](c1ccc(/C=C/C(O)(c2cc(Cl)c(Cl)c(Cl)c2)C(F)(F)F)cc1)N1C(=O)c2ccccc2C1=O. The van der Waals surface area contributed by atoms with E-state index >= 15 is 0 Å². The largest absolute Gasteiger partial charge is 0.425 e. The monoisotopic (exact) mass is 553 g/mol. The van der Waals surface area contributed by atoms with E-state index in [2.05, 4.69) is 0 Å². The molecular formula is C26H17Cl3F3NO3. The van der Waals surface area contributed by atoms with Crippen LogP contribution < -0.4 is 0 Å². The van der Waals surface area contributed by atoms with Gasteiger partial charge in [-0.2, -0.15) is 13.2 Å². The predicted octanol–water partition coefficient (Wildman–Crippen LogP) is 7.47. The summed E-state index contributed by atoms with van der Waals surface area (Å²) in [6, 6.07) is 13.9. The van der Waals surface area contributed by atoms with Crippen LogP contribution in [0.1, 0.15) is 50.4 Å². The fraction of sp³-hybridized carbons (Fsp3) is 0.154. The molecule has 2 amide bonds. The van der Waals surface area contributed by atoms with Crippen LogP contribution in [0.15, 0.2) is 66.7 Å². The molecule has 10 heteroatoms. The zero-order chi connectivity index (χ0) is 26.4. The maximum Gasteiger partial charge on any atom is 0.425 e. The van der Waals surface area contributed by atoms with E-state index in [1.165, 1.54) is 12.1 Å². The first-order chi connectivity index (χ1) is 16.8. The van der Waals surface area contributed by atoms with Gasteiger partial charge in [0, 0.05) is 0 Å². The fourth-order valence-corrected chi connectivity index (χ4v) is 4.54. The van der Waals surface area contributed by atoms with Gasteiger partial charge in [0.15, 0.2) is 0 Å². The number of alkyl halides is 3. The van der Waals surface area contributed by atoms with Gasteiger partial charge < -0.3 is 5.11 Å². The van der Waals surface area contributed by atoms with Crippen molar-refractivity contribution in [3.63, 3.8) is 0 Å². The van der Waals surface area contributed by atoms with Crippen LogP contribution in [0.25, 0.3) is 6.08 Å². The molecule has 1 aliphatic heterocycles. The number of carbonyl (C=O) groups is 2. The Bertz CT molecular complexity index is 1330. The van der Waals surface area contributed by atoms with Crippen LogP contribution in [0.5, 0.6) is 0 Å². The van der Waals surface area contributed by atoms with E-state index in [1.807, 2.05) is 0 Å². The van der Waals surface area contributed by atoms with Gasteiger partial charge in [-0.1, -0.05) is 77.3 Å². The molecule has 0 spiro atoms. The number of amides is 2. The molecule has 0 saturated heterocycles. The van der Waals surface area contributed by atoms with Crippen LogP contribution in [-0.4, -0.2) is 28.0 Å². The molecule has 4 nitrogen and oxygen atoms in total. The minimum absolute atomic E-state index is 0.127. The molecule has 0 aromatic heterocycles. The van der Waals surface area contributed by atoms with Gasteiger partial charge in [0.05, 0.1) is 32.2 Å². The number of aliphatic hydroxyl groups is 1. The van der Waals surface area contributed by atoms with E-state index in [0.717, 1.165) is 23.1 Å². The first kappa shape index (κ1) is 26.2. The molecule has 0 radical (unpaired) electrons. The summed E-state index contributed by atoms with van der Waals surface area (Å²) in [5.74, 6) is -0.829. The minimum atomic E-state index is -5.09. The Morgan fingerprint density at radius 1 is 0.889 bits per heavy atom. The van der Waals surface area contributed by atoms with Gasteiger partial charge in [0.2, 0.25) is 5.60 Å². The Hall–Kier alpha value is -2.84. The Morgan fingerprint density at radius 3 is 1.86 bits per heavy atom. The molecule has 3 aromatic rings. The highest BCUT2D eigenvalue weighted by Gasteiger charge is 2.53. The number of imide groups is 1. The lowest BCUT2D eigenvalue weighted by Gasteiger charge is -2.28. The van der Waals surface area contributed by atoms with Crippen LogP contribution in [0, 0.1) is 0 Å². The van der Waals surface area contributed by atoms with Crippen LogP contribution in [-0.2, 0) is 5.60 Å². The normalized spacial score (nSPS) is 16.4. The summed E-state index contributed by atoms with van der Waals surface area (Å²) in [6.45, 7) is 1.68. The lowest BCUT2D eigenvalue weighted by Crippen LogP contribution is -2.40. The molecule has 1 unspecified atom stereocenters. The molecule has 0 fully saturated rings. The molecule has 1 N–H and O–H groups in total. The second kappa shape index (κ2) is 9.56. The number of benzene rings is 3. The fourth-order valence-electron chi connectivity index (χ4n) is 3.94. The predicted molar refractivity (Wildman–Crippen MR) is 132 cm³/mol. The molecule has 0 saturated carbocycles. The van der Waals surface area contributed by atoms with E-state index in [9.17, 15) is 27.9 Å². The van der Waals surface area contributed by atoms with Crippen LogP contribution in [0.3, 0.4) is 0 Å². The number of hydrogen-bond acceptors (Lipinski definition) is 3. The first-order valence-electron chi connectivity index (χ1n) is 10.6. The minimum Gasteiger partial charge on any atom is -0.373 e. The lowest BCUT2D eigenvalue weighted by molar-refractivity contribution is -0.244. The molecule has 186 valence electrons. The van der Waals surface area contributed by atoms with E-state index in [-0.39, 0.29) is 15.1 Å². The Kier molecular flexibility index (Phi) is 6.96. The van der Waals surface area contributed by atoms with Crippen molar-refractivity contribution in [3.8, 4) is 0 Å². The topological polar surface area (TPSA) is 57.6 Å². The van der Waals surface area contributed by atoms with Gasteiger partial charge in [0.25, 0.3) is 11.8 Å². The van der Waals surface area contributed by atoms with Gasteiger partial charge in [-0.05, 0) is 54.0 Å². The average molecular weight is 555 g/mol. The molecule has 0 bridgehead atoms. The third-order valence-corrected chi connectivity index (χ3v) is 7.20. The van der Waals surface area contributed by atoms with Crippen molar-refractivity contribution in [3.05, 3.63) is 110 Å². The highest BCUT2D eigenvalue weighted by atomic mass is 35.5. The van der Waals surface area contributed by atoms with Crippen molar-refractivity contribution < 1.29 is 27.9 Å². The van der Waals surface area contributed by atoms with Crippen LogP contribution >= 0.6 is 34.8 Å². The quantitative estimate of drug-likeness (QED) is 0.263. The van der Waals surface area contributed by atoms with Gasteiger partial charge in [-0.25, -0.2) is 0 Å². The van der Waals surface area contributed by atoms with Gasteiger partial charge >= 0.3 is 6.18 Å². The summed E-state index contributed by atoms with van der Waals surface area (Å²) in [7, 11) is 0. The average Bonchev–Trinajstić information content (AvgIpc) is 3.09. The second-order valence-corrected chi connectivity index (χ2v) is 9.41. The Morgan fingerprint density at radius 2 is 1.39 bits per heavy atom. The number of rotatable bonds is 5. The van der Waals surface area contributed by atoms with Crippen molar-refractivity contribution >= 4 is 52.7 Å². The van der Waals surface area contributed by atoms with Crippen LogP contribution in [0.4, 0.5) is 13.2 Å². The number of hydrogen-bond donors (Lipinski definition) is 1. The Labute approximate surface area is 219 Å². The van der Waals surface area contributed by atoms with Crippen LogP contribution in [0.2, 0.25) is 15.1 Å². The first-order valence-corrected chi connectivity index (χ1v) is 11.7. The zero-order valence-corrected chi connectivity index (χ0v) is 20.8. The molecule has 2 atom stereocenters. The van der Waals surface area contributed by atoms with Gasteiger partial charge in [-0.15, -0.1) is 0 Å². The summed E-state index contributed by atoms with van der Waals surface area (Å²) < 4.78 is 41.7. The van der Waals surface area contributed by atoms with Crippen molar-refractivity contribution in [1.82, 2.24) is 4.90 Å². The highest BCUT2D eigenvalue weighted by molar-refractivity contribution is 6.48. The molecule has 0 aliphatic carbocycles. The van der Waals surface area contributed by atoms with Gasteiger partial charge in [-0.3, -0.25) is 14.5 Å². The smallest absolute Gasteiger partial charge is 0.373 e. The number of nitrogens with zero attached hydrogens (tertiary/aromatic N) is 1. The van der Waals surface area contributed by atoms with Crippen molar-refractivity contribution in [2.24, 2.45) is 0 Å². The standard InChI is InChI=1S/C26H17Cl3F3NO3/c1-14(33-23(34)18-4-2-3-5-19(18)24(33)35)16-8-6-15(7-9-16)10-11-25(36,26(30,31)32)17-12-20(27)22(29)21(28)13-17/h2-14,36H,1H3/b11-10+/t14-,25?/m0/s1. The zero-order valence-electron chi connectivity index (χ0n) is 18.5. The highest BCUT2D eigenvalue weighted by Crippen LogP contribution is 2.44. The van der Waals surface area contributed by atoms with Gasteiger partial charge in [0.1, 0.15) is 0 Å². The van der Waals surface area contributed by atoms with E-state index < -0.39 is 35.2 Å². The number of carbonyl (C=O) groups excluding carboxylic acids is 2. The maximum atomic E-state index is 13.9. The summed E-state index contributed by atoms with van der Waals surface area (Å²) in [5.41, 5.74) is -2.41. The van der Waals surface area contributed by atoms with Crippen molar-refractivity contribution in [2.45, 2.75) is 24.7 Å². The second-order valence-electron chi connectivity index (χ2n) is 8.22. The molecule has 1 aliphatic rings. The third kappa shape index (κ3) is 4.52. The molecular weight excluding hydrogens is 538 g/mol. The summed E-state index contributed by atoms with van der Waals surface area (Å²) >= 11 is 17.6. The number of halogens is 6.